The molecule has 0 fully saturated rings. The summed E-state index contributed by atoms with van der Waals surface area (Å²) in [4.78, 5) is 25.7. The molecule has 0 N–H and O–H groups in total. The quantitative estimate of drug-likeness (QED) is 0.320. The van der Waals surface area contributed by atoms with E-state index in [1.807, 2.05) is 6.92 Å². The number of rotatable bonds is 11. The van der Waals surface area contributed by atoms with Gasteiger partial charge in [-0.2, -0.15) is 0 Å². The number of benzene rings is 1. The molecule has 0 aromatic heterocycles. The van der Waals surface area contributed by atoms with Gasteiger partial charge in [-0.3, -0.25) is 14.2 Å². The molecule has 0 aliphatic rings. The zero-order valence-corrected chi connectivity index (χ0v) is 16.9. The summed E-state index contributed by atoms with van der Waals surface area (Å²) in [7, 11) is 2.48. The smallest absolute Gasteiger partial charge is 0.324 e. The number of esters is 1. The maximum Gasteiger partial charge on any atom is 0.324 e. The molecule has 7 heteroatoms. The van der Waals surface area contributed by atoms with Crippen LogP contribution in [0, 0.1) is 0 Å². The predicted molar refractivity (Wildman–Crippen MR) is 99.6 cm³/mol. The molecule has 1 aromatic carbocycles. The molecule has 0 saturated heterocycles. The third-order valence-corrected chi connectivity index (χ3v) is 4.91. The van der Waals surface area contributed by atoms with E-state index in [4.69, 9.17) is 14.2 Å². The lowest BCUT2D eigenvalue weighted by Crippen LogP contribution is -2.38. The van der Waals surface area contributed by atoms with E-state index in [1.165, 1.54) is 14.2 Å². The number of Topliss-reactive ketones (excluding diaryl/α,β-unsaturated/α-hetero) is 1. The van der Waals surface area contributed by atoms with Gasteiger partial charge in [-0.1, -0.05) is 25.8 Å². The highest BCUT2D eigenvalue weighted by Gasteiger charge is 2.44. The summed E-state index contributed by atoms with van der Waals surface area (Å²) in [5, 5.41) is -1.41. The zero-order chi connectivity index (χ0) is 19.7. The number of carbonyl (C=O) groups is 2. The van der Waals surface area contributed by atoms with E-state index in [0.29, 0.717) is 24.3 Å². The van der Waals surface area contributed by atoms with Crippen LogP contribution in [0.2, 0.25) is 0 Å². The second-order valence-corrected chi connectivity index (χ2v) is 7.36. The van der Waals surface area contributed by atoms with Crippen LogP contribution in [0.25, 0.3) is 0 Å². The Hall–Kier alpha value is -1.94. The van der Waals surface area contributed by atoms with Crippen molar-refractivity contribution in [3.63, 3.8) is 0 Å². The summed E-state index contributed by atoms with van der Waals surface area (Å²) < 4.78 is 27.8. The first-order chi connectivity index (χ1) is 12.3. The van der Waals surface area contributed by atoms with Crippen molar-refractivity contribution in [1.29, 1.82) is 0 Å². The van der Waals surface area contributed by atoms with E-state index in [9.17, 15) is 14.2 Å². The standard InChI is InChI=1S/C19H27O6P/c1-6-7-11-19(26-22,18(21)25-13(2)3)12-14(20)17-15(23-4)9-8-10-16(17)24-5/h8-10,13H,6-7,11-12H2,1-5H3. The zero-order valence-electron chi connectivity index (χ0n) is 16.0. The normalized spacial score (nSPS) is 13.3. The monoisotopic (exact) mass is 382 g/mol. The van der Waals surface area contributed by atoms with Crippen molar-refractivity contribution in [2.24, 2.45) is 0 Å². The molecule has 6 nitrogen and oxygen atoms in total. The molecule has 0 aliphatic carbocycles. The van der Waals surface area contributed by atoms with Crippen LogP contribution in [0.3, 0.4) is 0 Å². The van der Waals surface area contributed by atoms with Gasteiger partial charge < -0.3 is 14.2 Å². The minimum Gasteiger partial charge on any atom is -0.496 e. The first-order valence-electron chi connectivity index (χ1n) is 8.65. The van der Waals surface area contributed by atoms with E-state index in [2.05, 4.69) is 0 Å². The molecule has 1 rings (SSSR count). The Morgan fingerprint density at radius 1 is 1.15 bits per heavy atom. The van der Waals surface area contributed by atoms with E-state index >= 15 is 0 Å². The van der Waals surface area contributed by atoms with Crippen molar-refractivity contribution in [2.75, 3.05) is 14.2 Å². The van der Waals surface area contributed by atoms with Crippen molar-refractivity contribution < 1.29 is 28.4 Å². The van der Waals surface area contributed by atoms with Gasteiger partial charge in [-0.25, -0.2) is 0 Å². The van der Waals surface area contributed by atoms with Gasteiger partial charge in [0.05, 0.1) is 20.3 Å². The Morgan fingerprint density at radius 3 is 2.15 bits per heavy atom. The van der Waals surface area contributed by atoms with Crippen LogP contribution in [0.15, 0.2) is 18.2 Å². The Balaban J connectivity index is 3.28. The maximum absolute atomic E-state index is 13.0. The van der Waals surface area contributed by atoms with Crippen molar-refractivity contribution in [3.8, 4) is 11.5 Å². The fraction of sp³-hybridized carbons (Fsp3) is 0.579. The topological polar surface area (TPSA) is 78.9 Å². The average Bonchev–Trinajstić information content (AvgIpc) is 2.63. The van der Waals surface area contributed by atoms with Gasteiger partial charge in [0, 0.05) is 6.42 Å². The first kappa shape index (κ1) is 22.1. The van der Waals surface area contributed by atoms with Crippen LogP contribution >= 0.6 is 8.46 Å². The van der Waals surface area contributed by atoms with Gasteiger partial charge in [-0.15, -0.1) is 0 Å². The summed E-state index contributed by atoms with van der Waals surface area (Å²) in [6.45, 7) is 5.40. The Labute approximate surface area is 156 Å². The van der Waals surface area contributed by atoms with Gasteiger partial charge in [-0.05, 0) is 32.4 Å². The van der Waals surface area contributed by atoms with Gasteiger partial charge in [0.25, 0.3) is 0 Å². The van der Waals surface area contributed by atoms with E-state index < -0.39 is 19.6 Å². The summed E-state index contributed by atoms with van der Waals surface area (Å²) in [6, 6.07) is 4.99. The number of ketones is 1. The van der Waals surface area contributed by atoms with Gasteiger partial charge in [0.15, 0.2) is 19.4 Å². The van der Waals surface area contributed by atoms with E-state index in [0.717, 1.165) is 6.42 Å². The summed E-state index contributed by atoms with van der Waals surface area (Å²) in [5.41, 5.74) is 0.236. The maximum atomic E-state index is 13.0. The lowest BCUT2D eigenvalue weighted by Gasteiger charge is -2.26. The Kier molecular flexibility index (Phi) is 8.73. The molecule has 0 bridgehead atoms. The fourth-order valence-corrected chi connectivity index (χ4v) is 3.24. The van der Waals surface area contributed by atoms with Crippen molar-refractivity contribution >= 4 is 20.2 Å². The average molecular weight is 382 g/mol. The molecule has 0 saturated carbocycles. The van der Waals surface area contributed by atoms with Gasteiger partial charge in [0.2, 0.25) is 0 Å². The number of unbranched alkanes of at least 4 members (excludes halogenated alkanes) is 1. The summed E-state index contributed by atoms with van der Waals surface area (Å²) in [6.07, 6.45) is 1.14. The molecule has 0 spiro atoms. The molecular formula is C19H27O6P. The second-order valence-electron chi connectivity index (χ2n) is 6.32. The number of methoxy groups -OCH3 is 2. The van der Waals surface area contributed by atoms with Crippen LogP contribution in [0.5, 0.6) is 11.5 Å². The SMILES string of the molecule is CCCCC(CC(=O)c1c(OC)cccc1OC)(P=O)C(=O)OC(C)C. The predicted octanol–water partition coefficient (Wildman–Crippen LogP) is 4.45. The number of hydrogen-bond acceptors (Lipinski definition) is 6. The van der Waals surface area contributed by atoms with Crippen LogP contribution in [-0.2, 0) is 14.1 Å². The van der Waals surface area contributed by atoms with Crippen LogP contribution in [-0.4, -0.2) is 37.2 Å². The third-order valence-electron chi connectivity index (χ3n) is 4.00. The Morgan fingerprint density at radius 2 is 1.73 bits per heavy atom. The molecule has 144 valence electrons. The minimum absolute atomic E-state index is 0.236. The minimum atomic E-state index is -1.41. The molecule has 26 heavy (non-hydrogen) atoms. The molecule has 0 amide bonds. The highest BCUT2D eigenvalue weighted by Crippen LogP contribution is 2.39. The number of ether oxygens (including phenoxy) is 3. The van der Waals surface area contributed by atoms with Gasteiger partial charge >= 0.3 is 5.97 Å². The van der Waals surface area contributed by atoms with Crippen molar-refractivity contribution in [3.05, 3.63) is 23.8 Å². The van der Waals surface area contributed by atoms with Crippen LogP contribution in [0.4, 0.5) is 0 Å². The molecule has 1 atom stereocenters. The van der Waals surface area contributed by atoms with E-state index in [-0.39, 0.29) is 23.9 Å². The second kappa shape index (κ2) is 10.3. The molecule has 0 aliphatic heterocycles. The first-order valence-corrected chi connectivity index (χ1v) is 9.46. The fourth-order valence-electron chi connectivity index (χ4n) is 2.65. The van der Waals surface area contributed by atoms with E-state index in [1.54, 1.807) is 32.0 Å². The van der Waals surface area contributed by atoms with Crippen molar-refractivity contribution in [2.45, 2.75) is 57.7 Å². The van der Waals surface area contributed by atoms with Gasteiger partial charge in [0.1, 0.15) is 17.1 Å². The Bertz CT molecular complexity index is 621. The van der Waals surface area contributed by atoms with Crippen molar-refractivity contribution in [1.82, 2.24) is 0 Å². The molecular weight excluding hydrogens is 355 g/mol. The molecule has 1 unspecified atom stereocenters. The highest BCUT2D eigenvalue weighted by atomic mass is 31.1. The third kappa shape index (κ3) is 5.28. The lowest BCUT2D eigenvalue weighted by molar-refractivity contribution is -0.150. The molecule has 0 radical (unpaired) electrons. The van der Waals surface area contributed by atoms with Crippen LogP contribution < -0.4 is 9.47 Å². The highest BCUT2D eigenvalue weighted by molar-refractivity contribution is 7.28. The van der Waals surface area contributed by atoms with Crippen LogP contribution in [0.1, 0.15) is 56.8 Å². The lowest BCUT2D eigenvalue weighted by atomic mass is 9.91. The molecule has 1 aromatic rings. The summed E-state index contributed by atoms with van der Waals surface area (Å²) in [5.74, 6) is -0.309. The summed E-state index contributed by atoms with van der Waals surface area (Å²) >= 11 is 0. The largest absolute Gasteiger partial charge is 0.496 e. The number of hydrogen-bond donors (Lipinski definition) is 0. The molecule has 0 heterocycles. The number of carbonyl (C=O) groups excluding carboxylic acids is 2.